The van der Waals surface area contributed by atoms with Crippen LogP contribution in [0.1, 0.15) is 43.5 Å². The predicted octanol–water partition coefficient (Wildman–Crippen LogP) is 3.60. The quantitative estimate of drug-likeness (QED) is 0.563. The summed E-state index contributed by atoms with van der Waals surface area (Å²) in [6, 6.07) is 2.53. The van der Waals surface area contributed by atoms with Crippen molar-refractivity contribution in [1.29, 1.82) is 0 Å². The van der Waals surface area contributed by atoms with Gasteiger partial charge in [0.25, 0.3) is 0 Å². The zero-order chi connectivity index (χ0) is 12.5. The first-order valence-corrected chi connectivity index (χ1v) is 6.99. The van der Waals surface area contributed by atoms with Crippen molar-refractivity contribution in [2.45, 2.75) is 38.6 Å². The van der Waals surface area contributed by atoms with Gasteiger partial charge in [-0.3, -0.25) is 0 Å². The second-order valence-electron chi connectivity index (χ2n) is 3.99. The first-order valence-electron chi connectivity index (χ1n) is 6.11. The lowest BCUT2D eigenvalue weighted by atomic mass is 10.1. The van der Waals surface area contributed by atoms with Crippen LogP contribution in [0, 0.1) is 12.3 Å². The molecular weight excluding hydrogens is 230 g/mol. The minimum atomic E-state index is 0.414. The summed E-state index contributed by atoms with van der Waals surface area (Å²) in [4.78, 5) is 1.34. The summed E-state index contributed by atoms with van der Waals surface area (Å²) >= 11 is 1.75. The fourth-order valence-electron chi connectivity index (χ4n) is 1.70. The fourth-order valence-corrected chi connectivity index (χ4v) is 2.66. The zero-order valence-electron chi connectivity index (χ0n) is 10.7. The molecule has 0 aliphatic carbocycles. The van der Waals surface area contributed by atoms with Crippen LogP contribution in [-0.2, 0) is 0 Å². The van der Waals surface area contributed by atoms with Gasteiger partial charge in [-0.05, 0) is 31.9 Å². The van der Waals surface area contributed by atoms with Crippen LogP contribution in [0.4, 0.5) is 0 Å². The Morgan fingerprint density at radius 2 is 2.41 bits per heavy atom. The Labute approximate surface area is 108 Å². The smallest absolute Gasteiger partial charge is 0.129 e. The maximum Gasteiger partial charge on any atom is 0.129 e. The lowest BCUT2D eigenvalue weighted by Gasteiger charge is -2.16. The molecule has 1 aromatic rings. The second kappa shape index (κ2) is 8.16. The Hall–Kier alpha value is -0.980. The molecule has 3 heteroatoms. The molecule has 0 aliphatic heterocycles. The predicted molar refractivity (Wildman–Crippen MR) is 74.6 cm³/mol. The Bertz CT molecular complexity index is 353. The highest BCUT2D eigenvalue weighted by Gasteiger charge is 2.12. The van der Waals surface area contributed by atoms with Crippen molar-refractivity contribution in [3.8, 4) is 18.1 Å². The van der Waals surface area contributed by atoms with Crippen molar-refractivity contribution in [3.63, 3.8) is 0 Å². The van der Waals surface area contributed by atoms with Crippen molar-refractivity contribution < 1.29 is 4.74 Å². The molecule has 0 fully saturated rings. The molecule has 1 unspecified atom stereocenters. The molecule has 1 heterocycles. The summed E-state index contributed by atoms with van der Waals surface area (Å²) in [5, 5.41) is 5.62. The monoisotopic (exact) mass is 251 g/mol. The first-order chi connectivity index (χ1) is 8.31. The highest BCUT2D eigenvalue weighted by Crippen LogP contribution is 2.29. The van der Waals surface area contributed by atoms with Crippen molar-refractivity contribution in [3.05, 3.63) is 16.3 Å². The summed E-state index contributed by atoms with van der Waals surface area (Å²) in [5.41, 5.74) is 0. The van der Waals surface area contributed by atoms with E-state index in [1.165, 1.54) is 4.88 Å². The van der Waals surface area contributed by atoms with Gasteiger partial charge < -0.3 is 10.1 Å². The minimum absolute atomic E-state index is 0.414. The van der Waals surface area contributed by atoms with Crippen LogP contribution in [0.25, 0.3) is 0 Å². The number of hydrogen-bond acceptors (Lipinski definition) is 3. The molecule has 2 nitrogen and oxygen atoms in total. The van der Waals surface area contributed by atoms with Crippen LogP contribution in [0.2, 0.25) is 0 Å². The van der Waals surface area contributed by atoms with E-state index in [0.29, 0.717) is 6.04 Å². The van der Waals surface area contributed by atoms with E-state index in [1.54, 1.807) is 18.4 Å². The molecule has 0 bridgehead atoms. The van der Waals surface area contributed by atoms with E-state index in [1.807, 2.05) is 0 Å². The molecule has 0 aromatic carbocycles. The summed E-state index contributed by atoms with van der Waals surface area (Å²) in [6.07, 6.45) is 9.45. The number of unbranched alkanes of at least 4 members (excludes halogenated alkanes) is 1. The largest absolute Gasteiger partial charge is 0.496 e. The standard InChI is InChI=1S/C14H21NOS/c1-4-6-7-8-13(15-9-5-2)14-10-12(16-3)11-17-14/h1,10-11,13,15H,5-9H2,2-3H3. The van der Waals surface area contributed by atoms with Gasteiger partial charge in [-0.15, -0.1) is 23.7 Å². The van der Waals surface area contributed by atoms with Crippen molar-refractivity contribution in [2.24, 2.45) is 0 Å². The topological polar surface area (TPSA) is 21.3 Å². The molecule has 0 amide bonds. The molecule has 0 spiro atoms. The van der Waals surface area contributed by atoms with Gasteiger partial charge in [0.15, 0.2) is 0 Å². The lowest BCUT2D eigenvalue weighted by Crippen LogP contribution is -2.21. The Morgan fingerprint density at radius 3 is 3.00 bits per heavy atom. The number of nitrogens with one attached hydrogen (secondary N) is 1. The highest BCUT2D eigenvalue weighted by atomic mass is 32.1. The van der Waals surface area contributed by atoms with Gasteiger partial charge in [0.1, 0.15) is 5.75 Å². The molecule has 1 N–H and O–H groups in total. The Morgan fingerprint density at radius 1 is 1.59 bits per heavy atom. The minimum Gasteiger partial charge on any atom is -0.496 e. The van der Waals surface area contributed by atoms with Gasteiger partial charge in [-0.25, -0.2) is 0 Å². The zero-order valence-corrected chi connectivity index (χ0v) is 11.5. The molecule has 17 heavy (non-hydrogen) atoms. The van der Waals surface area contributed by atoms with E-state index in [0.717, 1.165) is 38.0 Å². The van der Waals surface area contributed by atoms with Gasteiger partial charge in [0.05, 0.1) is 7.11 Å². The Balaban J connectivity index is 2.57. The molecule has 0 radical (unpaired) electrons. The lowest BCUT2D eigenvalue weighted by molar-refractivity contribution is 0.415. The highest BCUT2D eigenvalue weighted by molar-refractivity contribution is 7.10. The number of terminal acetylenes is 1. The molecular formula is C14H21NOS. The van der Waals surface area contributed by atoms with Crippen molar-refractivity contribution in [2.75, 3.05) is 13.7 Å². The molecule has 0 aliphatic rings. The third kappa shape index (κ3) is 4.80. The number of thiophene rings is 1. The van der Waals surface area contributed by atoms with E-state index in [4.69, 9.17) is 11.2 Å². The number of methoxy groups -OCH3 is 1. The third-order valence-corrected chi connectivity index (χ3v) is 3.65. The first kappa shape index (κ1) is 14.1. The van der Waals surface area contributed by atoms with Crippen molar-refractivity contribution >= 4 is 11.3 Å². The second-order valence-corrected chi connectivity index (χ2v) is 4.93. The number of ether oxygens (including phenoxy) is 1. The van der Waals surface area contributed by atoms with Gasteiger partial charge in [0.2, 0.25) is 0 Å². The normalized spacial score (nSPS) is 12.1. The van der Waals surface area contributed by atoms with Crippen molar-refractivity contribution in [1.82, 2.24) is 5.32 Å². The van der Waals surface area contributed by atoms with Gasteiger partial charge in [-0.1, -0.05) is 6.92 Å². The van der Waals surface area contributed by atoms with Crippen LogP contribution < -0.4 is 10.1 Å². The molecule has 0 saturated heterocycles. The number of hydrogen-bond donors (Lipinski definition) is 1. The Kier molecular flexibility index (Phi) is 6.76. The van der Waals surface area contributed by atoms with Gasteiger partial charge in [0, 0.05) is 22.7 Å². The van der Waals surface area contributed by atoms with Crippen LogP contribution in [-0.4, -0.2) is 13.7 Å². The van der Waals surface area contributed by atoms with Crippen LogP contribution in [0.5, 0.6) is 5.75 Å². The summed E-state index contributed by atoms with van der Waals surface area (Å²) < 4.78 is 5.23. The fraction of sp³-hybridized carbons (Fsp3) is 0.571. The molecule has 94 valence electrons. The van der Waals surface area contributed by atoms with Crippen LogP contribution in [0.3, 0.4) is 0 Å². The summed E-state index contributed by atoms with van der Waals surface area (Å²) in [7, 11) is 1.71. The summed E-state index contributed by atoms with van der Waals surface area (Å²) in [5.74, 6) is 3.65. The maximum absolute atomic E-state index is 5.29. The van der Waals surface area contributed by atoms with E-state index in [9.17, 15) is 0 Å². The van der Waals surface area contributed by atoms with Gasteiger partial charge in [-0.2, -0.15) is 0 Å². The third-order valence-electron chi connectivity index (χ3n) is 2.63. The van der Waals surface area contributed by atoms with E-state index >= 15 is 0 Å². The van der Waals surface area contributed by atoms with Gasteiger partial charge >= 0.3 is 0 Å². The molecule has 1 atom stereocenters. The number of rotatable bonds is 8. The summed E-state index contributed by atoms with van der Waals surface area (Å²) in [6.45, 7) is 3.22. The average Bonchev–Trinajstić information content (AvgIpc) is 2.82. The molecule has 1 rings (SSSR count). The molecule has 0 saturated carbocycles. The SMILES string of the molecule is C#CCCCC(NCCC)c1cc(OC)cs1. The average molecular weight is 251 g/mol. The van der Waals surface area contributed by atoms with E-state index in [-0.39, 0.29) is 0 Å². The maximum atomic E-state index is 5.29. The van der Waals surface area contributed by atoms with Crippen LogP contribution in [0.15, 0.2) is 11.4 Å². The van der Waals surface area contributed by atoms with E-state index < -0.39 is 0 Å². The molecule has 1 aromatic heterocycles. The van der Waals surface area contributed by atoms with E-state index in [2.05, 4.69) is 29.6 Å². The van der Waals surface area contributed by atoms with Crippen LogP contribution >= 0.6 is 11.3 Å².